The highest BCUT2D eigenvalue weighted by molar-refractivity contribution is 5.53. The molecular weight excluding hydrogens is 198 g/mol. The average Bonchev–Trinajstić information content (AvgIpc) is 2.67. The molecule has 1 aliphatic heterocycles. The van der Waals surface area contributed by atoms with Crippen LogP contribution < -0.4 is 0 Å². The zero-order valence-electron chi connectivity index (χ0n) is 10.4. The van der Waals surface area contributed by atoms with Gasteiger partial charge in [-0.25, -0.2) is 9.67 Å². The van der Waals surface area contributed by atoms with Gasteiger partial charge in [0.1, 0.15) is 6.33 Å². The molecule has 1 saturated carbocycles. The molecule has 1 aromatic heterocycles. The van der Waals surface area contributed by atoms with Gasteiger partial charge in [0.25, 0.3) is 0 Å². The molecule has 3 nitrogen and oxygen atoms in total. The fourth-order valence-electron chi connectivity index (χ4n) is 2.23. The molecule has 2 aliphatic rings. The van der Waals surface area contributed by atoms with E-state index >= 15 is 0 Å². The third-order valence-corrected chi connectivity index (χ3v) is 3.51. The minimum absolute atomic E-state index is 0.245. The third kappa shape index (κ3) is 1.51. The summed E-state index contributed by atoms with van der Waals surface area (Å²) in [6, 6.07) is 0. The Morgan fingerprint density at radius 3 is 2.56 bits per heavy atom. The van der Waals surface area contributed by atoms with Crippen LogP contribution in [0, 0.1) is 10.8 Å². The van der Waals surface area contributed by atoms with Crippen molar-refractivity contribution in [3.05, 3.63) is 24.3 Å². The molecule has 3 heteroatoms. The molecule has 2 heterocycles. The lowest BCUT2D eigenvalue weighted by atomic mass is 9.95. The lowest BCUT2D eigenvalue weighted by Crippen LogP contribution is -2.00. The van der Waals surface area contributed by atoms with E-state index in [1.807, 2.05) is 24.7 Å². The van der Waals surface area contributed by atoms with E-state index in [1.54, 1.807) is 6.33 Å². The summed E-state index contributed by atoms with van der Waals surface area (Å²) in [7, 11) is 0. The average molecular weight is 217 g/mol. The summed E-state index contributed by atoms with van der Waals surface area (Å²) in [6.07, 6.45) is 11.4. The smallest absolute Gasteiger partial charge is 0.154 e. The number of allylic oxidation sites excluding steroid dienone is 2. The van der Waals surface area contributed by atoms with Crippen molar-refractivity contribution in [2.24, 2.45) is 10.8 Å². The maximum Gasteiger partial charge on any atom is 0.154 e. The van der Waals surface area contributed by atoms with Crippen LogP contribution in [0.15, 0.2) is 18.5 Å². The highest BCUT2D eigenvalue weighted by atomic mass is 15.3. The quantitative estimate of drug-likeness (QED) is 0.668. The van der Waals surface area contributed by atoms with E-state index in [1.165, 1.54) is 6.42 Å². The van der Waals surface area contributed by atoms with Gasteiger partial charge in [0.05, 0.1) is 0 Å². The lowest BCUT2D eigenvalue weighted by molar-refractivity contribution is 0.545. The molecule has 0 bridgehead atoms. The Bertz CT molecular complexity index is 409. The van der Waals surface area contributed by atoms with Crippen molar-refractivity contribution in [3.63, 3.8) is 0 Å². The Morgan fingerprint density at radius 1 is 1.25 bits per heavy atom. The van der Waals surface area contributed by atoms with E-state index in [0.717, 1.165) is 5.82 Å². The molecular formula is C13H19N3. The molecule has 86 valence electrons. The first kappa shape index (κ1) is 11.1. The highest BCUT2D eigenvalue weighted by Gasteiger charge is 2.57. The first-order valence-corrected chi connectivity index (χ1v) is 5.91. The van der Waals surface area contributed by atoms with Gasteiger partial charge < -0.3 is 0 Å². The van der Waals surface area contributed by atoms with E-state index < -0.39 is 0 Å². The predicted molar refractivity (Wildman–Crippen MR) is 66.6 cm³/mol. The second kappa shape index (κ2) is 3.58. The van der Waals surface area contributed by atoms with E-state index in [-0.39, 0.29) is 5.41 Å². The van der Waals surface area contributed by atoms with Crippen molar-refractivity contribution in [3.8, 4) is 0 Å². The zero-order valence-corrected chi connectivity index (χ0v) is 10.4. The second-order valence-electron chi connectivity index (χ2n) is 4.81. The standard InChI is InChI=1S/C11H13N3.C2H6/c1-10(2)7-11(10)4-3-9-12-8-13-14(9)6-5-11;1-2/h3-6,8H,7H2,1-2H3;1-2H3. The number of hydrogen-bond acceptors (Lipinski definition) is 2. The molecule has 0 saturated heterocycles. The maximum atomic E-state index is 4.17. The van der Waals surface area contributed by atoms with Crippen LogP contribution in [0.1, 0.15) is 39.9 Å². The molecule has 1 spiro atoms. The third-order valence-electron chi connectivity index (χ3n) is 3.51. The minimum atomic E-state index is 0.245. The topological polar surface area (TPSA) is 30.7 Å². The molecule has 1 aromatic rings. The van der Waals surface area contributed by atoms with Crippen molar-refractivity contribution in [1.82, 2.24) is 14.8 Å². The number of nitrogens with zero attached hydrogens (tertiary/aromatic N) is 3. The van der Waals surface area contributed by atoms with Gasteiger partial charge in [-0.05, 0) is 17.9 Å². The van der Waals surface area contributed by atoms with Crippen LogP contribution in [-0.2, 0) is 0 Å². The Balaban J connectivity index is 0.000000457. The fraction of sp³-hybridized carbons (Fsp3) is 0.538. The van der Waals surface area contributed by atoms with Gasteiger partial charge in [0, 0.05) is 11.6 Å². The summed E-state index contributed by atoms with van der Waals surface area (Å²) in [5.74, 6) is 0.917. The molecule has 1 unspecified atom stereocenters. The molecule has 0 amide bonds. The summed E-state index contributed by atoms with van der Waals surface area (Å²) in [5.41, 5.74) is 0.638. The molecule has 16 heavy (non-hydrogen) atoms. The summed E-state index contributed by atoms with van der Waals surface area (Å²) in [5, 5.41) is 4.13. The monoisotopic (exact) mass is 217 g/mol. The molecule has 0 radical (unpaired) electrons. The first-order valence-electron chi connectivity index (χ1n) is 5.91. The van der Waals surface area contributed by atoms with Crippen molar-refractivity contribution in [1.29, 1.82) is 0 Å². The second-order valence-corrected chi connectivity index (χ2v) is 4.81. The molecule has 1 fully saturated rings. The minimum Gasteiger partial charge on any atom is -0.221 e. The van der Waals surface area contributed by atoms with Crippen molar-refractivity contribution in [2.45, 2.75) is 34.1 Å². The Labute approximate surface area is 96.9 Å². The van der Waals surface area contributed by atoms with Gasteiger partial charge >= 0.3 is 0 Å². The van der Waals surface area contributed by atoms with Crippen LogP contribution in [0.5, 0.6) is 0 Å². The number of aromatic nitrogens is 3. The molecule has 3 rings (SSSR count). The molecule has 1 atom stereocenters. The van der Waals surface area contributed by atoms with Crippen molar-refractivity contribution < 1.29 is 0 Å². The summed E-state index contributed by atoms with van der Waals surface area (Å²) >= 11 is 0. The summed E-state index contributed by atoms with van der Waals surface area (Å²) in [4.78, 5) is 4.17. The van der Waals surface area contributed by atoms with Crippen LogP contribution in [0.25, 0.3) is 12.3 Å². The zero-order chi connectivity index (χ0) is 11.8. The van der Waals surface area contributed by atoms with Crippen molar-refractivity contribution in [2.75, 3.05) is 0 Å². The highest BCUT2D eigenvalue weighted by Crippen LogP contribution is 2.65. The summed E-state index contributed by atoms with van der Waals surface area (Å²) in [6.45, 7) is 8.59. The number of rotatable bonds is 0. The Morgan fingerprint density at radius 2 is 1.94 bits per heavy atom. The largest absolute Gasteiger partial charge is 0.221 e. The number of hydrogen-bond donors (Lipinski definition) is 0. The van der Waals surface area contributed by atoms with E-state index in [9.17, 15) is 0 Å². The predicted octanol–water partition coefficient (Wildman–Crippen LogP) is 3.22. The van der Waals surface area contributed by atoms with Crippen LogP contribution in [0.2, 0.25) is 0 Å². The molecule has 0 aromatic carbocycles. The van der Waals surface area contributed by atoms with Gasteiger partial charge in [-0.1, -0.05) is 39.8 Å². The van der Waals surface area contributed by atoms with Crippen LogP contribution in [0.4, 0.5) is 0 Å². The van der Waals surface area contributed by atoms with Gasteiger partial charge in [0.2, 0.25) is 0 Å². The lowest BCUT2D eigenvalue weighted by Gasteiger charge is -2.08. The molecule has 0 N–H and O–H groups in total. The van der Waals surface area contributed by atoms with Crippen LogP contribution in [-0.4, -0.2) is 14.8 Å². The van der Waals surface area contributed by atoms with Gasteiger partial charge in [-0.3, -0.25) is 0 Å². The van der Waals surface area contributed by atoms with Crippen molar-refractivity contribution >= 4 is 12.3 Å². The normalized spacial score (nSPS) is 28.0. The Hall–Kier alpha value is -1.38. The SMILES string of the molecule is CC.CC1(C)CC12C=Cc1ncnn1C=C2. The van der Waals surface area contributed by atoms with Gasteiger partial charge in [0.15, 0.2) is 5.82 Å². The molecule has 1 aliphatic carbocycles. The van der Waals surface area contributed by atoms with E-state index in [0.29, 0.717) is 5.41 Å². The van der Waals surface area contributed by atoms with Gasteiger partial charge in [-0.2, -0.15) is 5.10 Å². The summed E-state index contributed by atoms with van der Waals surface area (Å²) < 4.78 is 1.82. The van der Waals surface area contributed by atoms with E-state index in [4.69, 9.17) is 0 Å². The van der Waals surface area contributed by atoms with Gasteiger partial charge in [-0.15, -0.1) is 0 Å². The Kier molecular flexibility index (Phi) is 2.49. The van der Waals surface area contributed by atoms with E-state index in [2.05, 4.69) is 42.2 Å². The maximum absolute atomic E-state index is 4.17. The van der Waals surface area contributed by atoms with Crippen LogP contribution in [0.3, 0.4) is 0 Å². The first-order chi connectivity index (χ1) is 7.63. The fourth-order valence-corrected chi connectivity index (χ4v) is 2.23. The van der Waals surface area contributed by atoms with Crippen LogP contribution >= 0.6 is 0 Å². The number of fused-ring (bicyclic) bond motifs is 1.